The number of nitrogens with zero attached hydrogens (tertiary/aromatic N) is 5. The molecule has 13 heteroatoms. The number of anilines is 1. The van der Waals surface area contributed by atoms with E-state index in [9.17, 15) is 22.8 Å². The van der Waals surface area contributed by atoms with E-state index in [1.165, 1.54) is 51.9 Å². The Labute approximate surface area is 261 Å². The van der Waals surface area contributed by atoms with E-state index in [0.717, 1.165) is 27.9 Å². The molecule has 1 aliphatic heterocycles. The van der Waals surface area contributed by atoms with E-state index in [-0.39, 0.29) is 29.9 Å². The van der Waals surface area contributed by atoms with Crippen molar-refractivity contribution >= 4 is 40.6 Å². The predicted octanol–water partition coefficient (Wildman–Crippen LogP) is 7.12. The van der Waals surface area contributed by atoms with Gasteiger partial charge in [-0.25, -0.2) is 14.5 Å². The quantitative estimate of drug-likeness (QED) is 0.221. The molecule has 1 fully saturated rings. The van der Waals surface area contributed by atoms with Crippen molar-refractivity contribution in [2.24, 2.45) is 4.99 Å². The Morgan fingerprint density at radius 2 is 1.84 bits per heavy atom. The molecule has 0 atom stereocenters. The molecule has 2 heterocycles. The molecule has 0 spiro atoms. The van der Waals surface area contributed by atoms with Crippen LogP contribution in [0.2, 0.25) is 0 Å². The van der Waals surface area contributed by atoms with Gasteiger partial charge in [0.25, 0.3) is 0 Å². The van der Waals surface area contributed by atoms with Gasteiger partial charge >= 0.3 is 12.4 Å². The van der Waals surface area contributed by atoms with Crippen LogP contribution in [0.1, 0.15) is 36.5 Å². The number of alkyl halides is 3. The summed E-state index contributed by atoms with van der Waals surface area (Å²) in [7, 11) is 0. The number of amides is 3. The molecular formula is C32H29F3N6O3S. The molecule has 0 bridgehead atoms. The minimum absolute atomic E-state index is 0.113. The lowest BCUT2D eigenvalue weighted by molar-refractivity contribution is -0.274. The summed E-state index contributed by atoms with van der Waals surface area (Å²) in [5, 5.41) is 7.50. The number of halogens is 3. The number of nitrogens with one attached hydrogen (secondary N) is 1. The molecule has 0 aliphatic carbocycles. The summed E-state index contributed by atoms with van der Waals surface area (Å²) < 4.78 is 42.5. The maximum atomic E-state index is 12.7. The molecule has 1 saturated heterocycles. The van der Waals surface area contributed by atoms with Gasteiger partial charge in [-0.15, -0.1) is 18.3 Å². The summed E-state index contributed by atoms with van der Waals surface area (Å²) in [6.07, 6.45) is 0.341. The zero-order chi connectivity index (χ0) is 32.1. The molecule has 1 aliphatic rings. The van der Waals surface area contributed by atoms with Crippen LogP contribution in [0.4, 0.5) is 23.7 Å². The van der Waals surface area contributed by atoms with Crippen molar-refractivity contribution in [3.8, 4) is 22.8 Å². The highest BCUT2D eigenvalue weighted by Crippen LogP contribution is 2.34. The Kier molecular flexibility index (Phi) is 9.37. The fourth-order valence-corrected chi connectivity index (χ4v) is 5.41. The number of benzene rings is 3. The monoisotopic (exact) mass is 634 g/mol. The summed E-state index contributed by atoms with van der Waals surface area (Å²) in [6.45, 7) is 6.31. The lowest BCUT2D eigenvalue weighted by Crippen LogP contribution is -2.32. The lowest BCUT2D eigenvalue weighted by atomic mass is 9.99. The first-order chi connectivity index (χ1) is 21.5. The number of aromatic nitrogens is 3. The van der Waals surface area contributed by atoms with Crippen LogP contribution in [0, 0.1) is 6.92 Å². The average molecular weight is 635 g/mol. The van der Waals surface area contributed by atoms with Crippen LogP contribution in [0.25, 0.3) is 23.2 Å². The van der Waals surface area contributed by atoms with Crippen molar-refractivity contribution in [1.82, 2.24) is 20.1 Å². The summed E-state index contributed by atoms with van der Waals surface area (Å²) in [5.74, 6) is 0.418. The van der Waals surface area contributed by atoms with Crippen LogP contribution >= 0.6 is 11.8 Å². The molecule has 45 heavy (non-hydrogen) atoms. The summed E-state index contributed by atoms with van der Waals surface area (Å²) in [6, 6.07) is 18.1. The Hall–Kier alpha value is -4.91. The topological polar surface area (TPSA) is 102 Å². The average Bonchev–Trinajstić information content (AvgIpc) is 3.62. The largest absolute Gasteiger partial charge is 0.573 e. The SMILES string of the molecule is Cc1ccc(C(C)C)c(N2C(=O)CSC2=NC(=O)NCC=Cc2ccc(-c3ncn(-c4ccc(OC(F)(F)F)cc4)n3)cc2)c1. The fraction of sp³-hybridized carbons (Fsp3) is 0.219. The second kappa shape index (κ2) is 13.4. The highest BCUT2D eigenvalue weighted by Gasteiger charge is 2.33. The van der Waals surface area contributed by atoms with Crippen LogP contribution in [0.5, 0.6) is 5.75 Å². The van der Waals surface area contributed by atoms with Gasteiger partial charge in [-0.2, -0.15) is 4.99 Å². The number of carbonyl (C=O) groups excluding carboxylic acids is 2. The maximum absolute atomic E-state index is 12.7. The van der Waals surface area contributed by atoms with E-state index in [1.807, 2.05) is 55.5 Å². The van der Waals surface area contributed by atoms with E-state index in [2.05, 4.69) is 39.0 Å². The molecule has 3 amide bonds. The Bertz CT molecular complexity index is 1750. The molecule has 4 aromatic rings. The minimum Gasteiger partial charge on any atom is -0.406 e. The summed E-state index contributed by atoms with van der Waals surface area (Å²) in [4.78, 5) is 35.4. The van der Waals surface area contributed by atoms with Crippen LogP contribution in [-0.2, 0) is 4.79 Å². The number of urea groups is 1. The number of carbonyl (C=O) groups is 2. The van der Waals surface area contributed by atoms with E-state index in [4.69, 9.17) is 0 Å². The van der Waals surface area contributed by atoms with Crippen LogP contribution in [0.3, 0.4) is 0 Å². The molecule has 0 saturated carbocycles. The van der Waals surface area contributed by atoms with Gasteiger partial charge in [0, 0.05) is 12.1 Å². The van der Waals surface area contributed by atoms with Crippen LogP contribution in [0.15, 0.2) is 84.1 Å². The van der Waals surface area contributed by atoms with Crippen molar-refractivity contribution in [3.63, 3.8) is 0 Å². The van der Waals surface area contributed by atoms with Gasteiger partial charge < -0.3 is 10.1 Å². The van der Waals surface area contributed by atoms with Gasteiger partial charge in [0.05, 0.1) is 17.1 Å². The van der Waals surface area contributed by atoms with Gasteiger partial charge in [0.15, 0.2) is 11.0 Å². The zero-order valence-electron chi connectivity index (χ0n) is 24.6. The number of hydrogen-bond donors (Lipinski definition) is 1. The second-order valence-electron chi connectivity index (χ2n) is 10.4. The third kappa shape index (κ3) is 7.98. The highest BCUT2D eigenvalue weighted by molar-refractivity contribution is 8.15. The number of aryl methyl sites for hydroxylation is 1. The number of hydrogen-bond acceptors (Lipinski definition) is 6. The van der Waals surface area contributed by atoms with Crippen molar-refractivity contribution in [1.29, 1.82) is 0 Å². The van der Waals surface area contributed by atoms with Gasteiger partial charge in [0.1, 0.15) is 12.1 Å². The number of thioether (sulfide) groups is 1. The van der Waals surface area contributed by atoms with Gasteiger partial charge in [0.2, 0.25) is 5.91 Å². The van der Waals surface area contributed by atoms with E-state index < -0.39 is 12.4 Å². The number of rotatable bonds is 8. The maximum Gasteiger partial charge on any atom is 0.573 e. The molecule has 3 aromatic carbocycles. The third-order valence-electron chi connectivity index (χ3n) is 6.69. The standard InChI is InChI=1S/C32H29F3N6O3S/c1-20(2)26-15-6-21(3)17-27(26)41-28(42)18-45-31(41)38-30(43)36-16-4-5-22-7-9-23(10-8-22)29-37-19-40(39-29)24-11-13-25(14-12-24)44-32(33,34)35/h4-15,17,19-20H,16,18H2,1-3H3,(H,36,43). The lowest BCUT2D eigenvalue weighted by Gasteiger charge is -2.22. The van der Waals surface area contributed by atoms with Gasteiger partial charge in [-0.1, -0.05) is 74.2 Å². The first kappa shape index (κ1) is 31.5. The number of aliphatic imine (C=N–C) groups is 1. The van der Waals surface area contributed by atoms with Crippen molar-refractivity contribution in [2.45, 2.75) is 33.1 Å². The van der Waals surface area contributed by atoms with Crippen molar-refractivity contribution < 1.29 is 27.5 Å². The summed E-state index contributed by atoms with van der Waals surface area (Å²) in [5.41, 5.74) is 4.92. The predicted molar refractivity (Wildman–Crippen MR) is 169 cm³/mol. The minimum atomic E-state index is -4.76. The first-order valence-corrected chi connectivity index (χ1v) is 14.9. The smallest absolute Gasteiger partial charge is 0.406 e. The molecule has 232 valence electrons. The third-order valence-corrected chi connectivity index (χ3v) is 7.61. The second-order valence-corrected chi connectivity index (χ2v) is 11.3. The van der Waals surface area contributed by atoms with Crippen LogP contribution in [-0.4, -0.2) is 50.5 Å². The molecular weight excluding hydrogens is 605 g/mol. The van der Waals surface area contributed by atoms with E-state index in [0.29, 0.717) is 16.7 Å². The Balaban J connectivity index is 1.17. The Morgan fingerprint density at radius 3 is 2.53 bits per heavy atom. The Morgan fingerprint density at radius 1 is 1.11 bits per heavy atom. The van der Waals surface area contributed by atoms with Crippen LogP contribution < -0.4 is 15.0 Å². The summed E-state index contributed by atoms with van der Waals surface area (Å²) >= 11 is 1.24. The molecule has 0 radical (unpaired) electrons. The van der Waals surface area contributed by atoms with Gasteiger partial charge in [-0.05, 0) is 59.9 Å². The highest BCUT2D eigenvalue weighted by atomic mass is 32.2. The molecule has 1 N–H and O–H groups in total. The van der Waals surface area contributed by atoms with E-state index >= 15 is 0 Å². The zero-order valence-corrected chi connectivity index (χ0v) is 25.4. The fourth-order valence-electron chi connectivity index (χ4n) is 4.55. The first-order valence-electron chi connectivity index (χ1n) is 13.9. The molecule has 1 aromatic heterocycles. The molecule has 9 nitrogen and oxygen atoms in total. The van der Waals surface area contributed by atoms with Crippen molar-refractivity contribution in [2.75, 3.05) is 17.2 Å². The van der Waals surface area contributed by atoms with Gasteiger partial charge in [-0.3, -0.25) is 9.69 Å². The normalized spacial score (nSPS) is 14.6. The number of amidine groups is 1. The van der Waals surface area contributed by atoms with Crippen molar-refractivity contribution in [3.05, 3.63) is 95.8 Å². The number of ether oxygens (including phenoxy) is 1. The molecule has 0 unspecified atom stereocenters. The molecule has 5 rings (SSSR count). The van der Waals surface area contributed by atoms with E-state index in [1.54, 1.807) is 6.08 Å².